The van der Waals surface area contributed by atoms with Crippen LogP contribution in [0.5, 0.6) is 5.75 Å². The lowest BCUT2D eigenvalue weighted by Crippen LogP contribution is -2.64. The van der Waals surface area contributed by atoms with Gasteiger partial charge in [-0.2, -0.15) is 0 Å². The predicted octanol–water partition coefficient (Wildman–Crippen LogP) is 3.59. The fraction of sp³-hybridized carbons (Fsp3) is 0.680. The van der Waals surface area contributed by atoms with E-state index in [1.165, 1.54) is 12.1 Å². The lowest BCUT2D eigenvalue weighted by Gasteiger charge is -2.59. The van der Waals surface area contributed by atoms with Gasteiger partial charge < -0.3 is 20.7 Å². The Kier molecular flexibility index (Phi) is 4.67. The molecule has 7 heteroatoms. The number of halogens is 1. The lowest BCUT2D eigenvalue weighted by molar-refractivity contribution is -0.145. The third-order valence-corrected chi connectivity index (χ3v) is 9.13. The molecule has 32 heavy (non-hydrogen) atoms. The summed E-state index contributed by atoms with van der Waals surface area (Å²) in [5.74, 6) is 1.61. The average molecular weight is 442 g/mol. The van der Waals surface area contributed by atoms with Crippen LogP contribution in [0.1, 0.15) is 57.8 Å². The quantitative estimate of drug-likeness (QED) is 0.749. The SMILES string of the molecule is NC(=O)C12CC3CC(C1)C(NC(=O)N1[C@@H]4CC[C@H]1C[C@H](Oc1ccc(F)cc1)C4)C(C3)C2. The highest BCUT2D eigenvalue weighted by Gasteiger charge is 2.58. The third kappa shape index (κ3) is 3.27. The molecule has 2 unspecified atom stereocenters. The first-order valence-electron chi connectivity index (χ1n) is 12.2. The van der Waals surface area contributed by atoms with Crippen LogP contribution in [0, 0.1) is 29.0 Å². The molecule has 5 atom stereocenters. The summed E-state index contributed by atoms with van der Waals surface area (Å²) in [7, 11) is 0. The number of nitrogens with zero attached hydrogens (tertiary/aromatic N) is 1. The van der Waals surface area contributed by atoms with Gasteiger partial charge in [0.25, 0.3) is 0 Å². The number of hydrogen-bond acceptors (Lipinski definition) is 3. The number of amides is 3. The number of hydrogen-bond donors (Lipinski definition) is 2. The number of ether oxygens (including phenoxy) is 1. The van der Waals surface area contributed by atoms with E-state index in [1.807, 2.05) is 0 Å². The Morgan fingerprint density at radius 2 is 1.62 bits per heavy atom. The molecule has 1 aromatic rings. The average Bonchev–Trinajstić information content (AvgIpc) is 3.02. The number of piperidine rings is 1. The van der Waals surface area contributed by atoms with Crippen LogP contribution in [0.4, 0.5) is 9.18 Å². The standard InChI is InChI=1S/C25H32FN3O3/c26-17-1-5-20(6-2-17)32-21-9-18-3-4-19(10-21)29(18)24(31)28-22-15-7-14-8-16(22)13-25(11-14,12-15)23(27)30/h1-2,5-6,14-16,18-19,21-22H,3-4,7-13H2,(H2,27,30)(H,28,31)/t14?,15?,16?,18-,19+,21-,22?,25?. The molecule has 4 saturated carbocycles. The first-order chi connectivity index (χ1) is 15.4. The molecule has 3 amide bonds. The zero-order chi connectivity index (χ0) is 22.0. The minimum atomic E-state index is -0.327. The summed E-state index contributed by atoms with van der Waals surface area (Å²) in [6.45, 7) is 0. The number of primary amides is 1. The third-order valence-electron chi connectivity index (χ3n) is 9.13. The number of benzene rings is 1. The van der Waals surface area contributed by atoms with Crippen LogP contribution in [-0.2, 0) is 4.79 Å². The van der Waals surface area contributed by atoms with Crippen LogP contribution in [0.15, 0.2) is 24.3 Å². The highest BCUT2D eigenvalue weighted by atomic mass is 19.1. The van der Waals surface area contributed by atoms with Gasteiger partial charge in [-0.1, -0.05) is 0 Å². The van der Waals surface area contributed by atoms with Crippen molar-refractivity contribution in [1.82, 2.24) is 10.2 Å². The molecular weight excluding hydrogens is 409 g/mol. The fourth-order valence-electron chi connectivity index (χ4n) is 8.04. The zero-order valence-electron chi connectivity index (χ0n) is 18.3. The highest BCUT2D eigenvalue weighted by Crippen LogP contribution is 2.60. The summed E-state index contributed by atoms with van der Waals surface area (Å²) in [5.41, 5.74) is 5.48. The molecule has 0 radical (unpaired) electrons. The second-order valence-electron chi connectivity index (χ2n) is 11.0. The van der Waals surface area contributed by atoms with Crippen molar-refractivity contribution in [1.29, 1.82) is 0 Å². The van der Waals surface area contributed by atoms with Gasteiger partial charge in [0.05, 0.1) is 0 Å². The second-order valence-corrected chi connectivity index (χ2v) is 11.0. The summed E-state index contributed by atoms with van der Waals surface area (Å²) >= 11 is 0. The Morgan fingerprint density at radius 3 is 2.22 bits per heavy atom. The van der Waals surface area contributed by atoms with Crippen LogP contribution in [0.2, 0.25) is 0 Å². The van der Waals surface area contributed by atoms with Gasteiger partial charge in [0.15, 0.2) is 0 Å². The summed E-state index contributed by atoms with van der Waals surface area (Å²) in [5, 5.41) is 3.41. The molecule has 1 aromatic carbocycles. The van der Waals surface area contributed by atoms with Crippen LogP contribution in [-0.4, -0.2) is 41.1 Å². The van der Waals surface area contributed by atoms with Crippen molar-refractivity contribution in [2.45, 2.75) is 82.0 Å². The summed E-state index contributed by atoms with van der Waals surface area (Å²) in [6.07, 6.45) is 8.52. The van der Waals surface area contributed by atoms with Gasteiger partial charge in [-0.05, 0) is 87.0 Å². The molecule has 172 valence electrons. The number of urea groups is 1. The van der Waals surface area contributed by atoms with Crippen molar-refractivity contribution in [3.8, 4) is 5.75 Å². The maximum Gasteiger partial charge on any atom is 0.318 e. The van der Waals surface area contributed by atoms with Gasteiger partial charge in [0.1, 0.15) is 17.7 Å². The van der Waals surface area contributed by atoms with Crippen LogP contribution >= 0.6 is 0 Å². The second kappa shape index (κ2) is 7.35. The normalized spacial score (nSPS) is 41.5. The molecule has 2 saturated heterocycles. The van der Waals surface area contributed by atoms with E-state index in [0.717, 1.165) is 57.8 Å². The summed E-state index contributed by atoms with van der Waals surface area (Å²) in [6, 6.07) is 6.77. The number of carbonyl (C=O) groups excluding carboxylic acids is 2. The minimum absolute atomic E-state index is 0.0543. The summed E-state index contributed by atoms with van der Waals surface area (Å²) < 4.78 is 19.3. The lowest BCUT2D eigenvalue weighted by atomic mass is 9.47. The van der Waals surface area contributed by atoms with E-state index in [0.29, 0.717) is 23.5 Å². The molecule has 0 aromatic heterocycles. The van der Waals surface area contributed by atoms with Crippen molar-refractivity contribution >= 4 is 11.9 Å². The van der Waals surface area contributed by atoms with Crippen molar-refractivity contribution in [2.24, 2.45) is 28.9 Å². The molecule has 3 N–H and O–H groups in total. The smallest absolute Gasteiger partial charge is 0.318 e. The molecule has 2 heterocycles. The molecule has 2 aliphatic heterocycles. The molecule has 4 aliphatic carbocycles. The summed E-state index contributed by atoms with van der Waals surface area (Å²) in [4.78, 5) is 27.7. The van der Waals surface area contributed by atoms with E-state index in [9.17, 15) is 14.0 Å². The van der Waals surface area contributed by atoms with Crippen molar-refractivity contribution in [2.75, 3.05) is 0 Å². The molecular formula is C25H32FN3O3. The van der Waals surface area contributed by atoms with Crippen molar-refractivity contribution in [3.05, 3.63) is 30.1 Å². The molecule has 6 aliphatic rings. The first-order valence-corrected chi connectivity index (χ1v) is 12.2. The Balaban J connectivity index is 1.11. The number of fused-ring (bicyclic) bond motifs is 2. The van der Waals surface area contributed by atoms with Crippen molar-refractivity contribution < 1.29 is 18.7 Å². The first kappa shape index (κ1) is 20.3. The van der Waals surface area contributed by atoms with E-state index >= 15 is 0 Å². The predicted molar refractivity (Wildman–Crippen MR) is 116 cm³/mol. The molecule has 0 spiro atoms. The Hall–Kier alpha value is -2.31. The number of nitrogens with one attached hydrogen (secondary N) is 1. The van der Waals surface area contributed by atoms with E-state index in [-0.39, 0.29) is 47.4 Å². The molecule has 6 fully saturated rings. The van der Waals surface area contributed by atoms with Crippen LogP contribution in [0.3, 0.4) is 0 Å². The van der Waals surface area contributed by atoms with E-state index in [4.69, 9.17) is 10.5 Å². The Bertz CT molecular complexity index is 892. The van der Waals surface area contributed by atoms with E-state index in [2.05, 4.69) is 10.2 Å². The largest absolute Gasteiger partial charge is 0.490 e. The molecule has 7 rings (SSSR count). The van der Waals surface area contributed by atoms with Crippen molar-refractivity contribution in [3.63, 3.8) is 0 Å². The van der Waals surface area contributed by atoms with Gasteiger partial charge in [-0.15, -0.1) is 0 Å². The Labute approximate surface area is 188 Å². The van der Waals surface area contributed by atoms with E-state index < -0.39 is 0 Å². The monoisotopic (exact) mass is 441 g/mol. The molecule has 6 bridgehead atoms. The Morgan fingerprint density at radius 1 is 1.00 bits per heavy atom. The van der Waals surface area contributed by atoms with Crippen LogP contribution < -0.4 is 15.8 Å². The van der Waals surface area contributed by atoms with Crippen LogP contribution in [0.25, 0.3) is 0 Å². The number of rotatable bonds is 4. The van der Waals surface area contributed by atoms with Gasteiger partial charge in [-0.3, -0.25) is 4.79 Å². The van der Waals surface area contributed by atoms with Gasteiger partial charge in [0.2, 0.25) is 5.91 Å². The zero-order valence-corrected chi connectivity index (χ0v) is 18.3. The van der Waals surface area contributed by atoms with Gasteiger partial charge in [0, 0.05) is 36.4 Å². The molecule has 6 nitrogen and oxygen atoms in total. The highest BCUT2D eigenvalue weighted by molar-refractivity contribution is 5.81. The minimum Gasteiger partial charge on any atom is -0.490 e. The van der Waals surface area contributed by atoms with Gasteiger partial charge in [-0.25, -0.2) is 9.18 Å². The topological polar surface area (TPSA) is 84.7 Å². The number of nitrogens with two attached hydrogens (primary N) is 1. The maximum atomic E-state index is 13.4. The maximum absolute atomic E-state index is 13.4. The van der Waals surface area contributed by atoms with Gasteiger partial charge >= 0.3 is 6.03 Å². The van der Waals surface area contributed by atoms with E-state index in [1.54, 1.807) is 12.1 Å². The number of carbonyl (C=O) groups is 2. The fourth-order valence-corrected chi connectivity index (χ4v) is 8.04.